The molecule has 1 aliphatic heterocycles. The predicted molar refractivity (Wildman–Crippen MR) is 89.8 cm³/mol. The van der Waals surface area contributed by atoms with E-state index in [1.54, 1.807) is 0 Å². The van der Waals surface area contributed by atoms with Crippen LogP contribution in [0, 0.1) is 5.92 Å². The maximum absolute atomic E-state index is 13.1. The number of amides is 1. The average molecular weight is 300 g/mol. The summed E-state index contributed by atoms with van der Waals surface area (Å²) in [5.41, 5.74) is 1.01. The van der Waals surface area contributed by atoms with Crippen molar-refractivity contribution in [3.8, 4) is 0 Å². The zero-order chi connectivity index (χ0) is 15.4. The molecule has 2 aliphatic rings. The van der Waals surface area contributed by atoms with E-state index in [1.165, 1.54) is 12.0 Å². The lowest BCUT2D eigenvalue weighted by Crippen LogP contribution is -2.53. The highest BCUT2D eigenvalue weighted by Crippen LogP contribution is 2.45. The third-order valence-electron chi connectivity index (χ3n) is 5.53. The van der Waals surface area contributed by atoms with Gasteiger partial charge in [-0.3, -0.25) is 4.79 Å². The second-order valence-corrected chi connectivity index (χ2v) is 6.84. The Bertz CT molecular complexity index is 487. The molecule has 1 aromatic carbocycles. The van der Waals surface area contributed by atoms with Crippen LogP contribution in [0.25, 0.3) is 0 Å². The van der Waals surface area contributed by atoms with Crippen LogP contribution in [0.3, 0.4) is 0 Å². The molecule has 0 bridgehead atoms. The summed E-state index contributed by atoms with van der Waals surface area (Å²) in [6.07, 6.45) is 5.51. The van der Waals surface area contributed by atoms with Gasteiger partial charge in [0.2, 0.25) is 5.91 Å². The number of benzene rings is 1. The van der Waals surface area contributed by atoms with E-state index in [-0.39, 0.29) is 5.41 Å². The van der Waals surface area contributed by atoms with Gasteiger partial charge < -0.3 is 10.2 Å². The van der Waals surface area contributed by atoms with Gasteiger partial charge >= 0.3 is 0 Å². The van der Waals surface area contributed by atoms with Gasteiger partial charge in [-0.25, -0.2) is 0 Å². The summed E-state index contributed by atoms with van der Waals surface area (Å²) in [5.74, 6) is 1.12. The maximum Gasteiger partial charge on any atom is 0.233 e. The molecule has 1 heterocycles. The lowest BCUT2D eigenvalue weighted by Gasteiger charge is -2.45. The lowest BCUT2D eigenvalue weighted by molar-refractivity contribution is -0.142. The minimum absolute atomic E-state index is 0.213. The fraction of sp³-hybridized carbons (Fsp3) is 0.632. The number of carbonyl (C=O) groups excluding carboxylic acids is 1. The normalized spacial score (nSPS) is 21.4. The standard InChI is InChI=1S/C19H28N2O/c1-2-20-15-16-9-13-21(14-10-16)18(22)19(11-6-12-19)17-7-4-3-5-8-17/h3-5,7-8,16,20H,2,6,9-15H2,1H3. The Hall–Kier alpha value is -1.35. The molecule has 2 fully saturated rings. The number of likely N-dealkylation sites (tertiary alicyclic amines) is 1. The average Bonchev–Trinajstić information content (AvgIpc) is 2.53. The van der Waals surface area contributed by atoms with E-state index in [0.717, 1.165) is 57.8 Å². The minimum atomic E-state index is -0.213. The molecule has 0 aromatic heterocycles. The number of rotatable bonds is 5. The Morgan fingerprint density at radius 2 is 1.91 bits per heavy atom. The van der Waals surface area contributed by atoms with Crippen LogP contribution in [0.1, 0.15) is 44.6 Å². The highest BCUT2D eigenvalue weighted by atomic mass is 16.2. The molecule has 1 amide bonds. The van der Waals surface area contributed by atoms with Crippen LogP contribution < -0.4 is 5.32 Å². The van der Waals surface area contributed by atoms with E-state index in [2.05, 4.69) is 41.4 Å². The number of hydrogen-bond acceptors (Lipinski definition) is 2. The Labute approximate surface area is 134 Å². The molecule has 1 aromatic rings. The maximum atomic E-state index is 13.1. The SMILES string of the molecule is CCNCC1CCN(C(=O)C2(c3ccccc3)CCC2)CC1. The summed E-state index contributed by atoms with van der Waals surface area (Å²) in [4.78, 5) is 15.3. The van der Waals surface area contributed by atoms with E-state index in [4.69, 9.17) is 0 Å². The molecular formula is C19H28N2O. The summed E-state index contributed by atoms with van der Waals surface area (Å²) in [5, 5.41) is 3.44. The Morgan fingerprint density at radius 3 is 2.45 bits per heavy atom. The van der Waals surface area contributed by atoms with Crippen molar-refractivity contribution in [1.82, 2.24) is 10.2 Å². The van der Waals surface area contributed by atoms with Crippen molar-refractivity contribution in [3.63, 3.8) is 0 Å². The van der Waals surface area contributed by atoms with Gasteiger partial charge in [0.05, 0.1) is 5.41 Å². The van der Waals surface area contributed by atoms with E-state index in [9.17, 15) is 4.79 Å². The van der Waals surface area contributed by atoms with Crippen molar-refractivity contribution in [1.29, 1.82) is 0 Å². The first-order valence-electron chi connectivity index (χ1n) is 8.82. The van der Waals surface area contributed by atoms with Gasteiger partial charge in [-0.2, -0.15) is 0 Å². The smallest absolute Gasteiger partial charge is 0.233 e. The monoisotopic (exact) mass is 300 g/mol. The van der Waals surface area contributed by atoms with Crippen LogP contribution >= 0.6 is 0 Å². The molecule has 0 unspecified atom stereocenters. The summed E-state index contributed by atoms with van der Waals surface area (Å²) in [6, 6.07) is 10.4. The summed E-state index contributed by atoms with van der Waals surface area (Å²) >= 11 is 0. The zero-order valence-corrected chi connectivity index (χ0v) is 13.7. The van der Waals surface area contributed by atoms with Gasteiger partial charge in [-0.05, 0) is 50.3 Å². The van der Waals surface area contributed by atoms with Crippen LogP contribution in [-0.4, -0.2) is 37.0 Å². The third-order valence-corrected chi connectivity index (χ3v) is 5.53. The van der Waals surface area contributed by atoms with Crippen LogP contribution in [0.5, 0.6) is 0 Å². The molecule has 22 heavy (non-hydrogen) atoms. The molecular weight excluding hydrogens is 272 g/mol. The summed E-state index contributed by atoms with van der Waals surface area (Å²) < 4.78 is 0. The molecule has 1 aliphatic carbocycles. The molecule has 1 N–H and O–H groups in total. The number of nitrogens with one attached hydrogen (secondary N) is 1. The van der Waals surface area contributed by atoms with Crippen LogP contribution in [-0.2, 0) is 10.2 Å². The quantitative estimate of drug-likeness (QED) is 0.907. The Kier molecular flexibility index (Phi) is 4.82. The summed E-state index contributed by atoms with van der Waals surface area (Å²) in [7, 11) is 0. The first-order valence-corrected chi connectivity index (χ1v) is 8.82. The highest BCUT2D eigenvalue weighted by molar-refractivity contribution is 5.89. The Morgan fingerprint density at radius 1 is 1.23 bits per heavy atom. The van der Waals surface area contributed by atoms with Gasteiger partial charge in [0.25, 0.3) is 0 Å². The number of hydrogen-bond donors (Lipinski definition) is 1. The van der Waals surface area contributed by atoms with E-state index in [0.29, 0.717) is 5.91 Å². The molecule has 3 nitrogen and oxygen atoms in total. The number of piperidine rings is 1. The second kappa shape index (κ2) is 6.82. The van der Waals surface area contributed by atoms with Crippen molar-refractivity contribution in [2.45, 2.75) is 44.4 Å². The van der Waals surface area contributed by atoms with Gasteiger partial charge in [-0.15, -0.1) is 0 Å². The fourth-order valence-electron chi connectivity index (χ4n) is 3.90. The molecule has 1 saturated carbocycles. The van der Waals surface area contributed by atoms with Gasteiger partial charge in [-0.1, -0.05) is 43.7 Å². The predicted octanol–water partition coefficient (Wildman–Crippen LogP) is 2.96. The topological polar surface area (TPSA) is 32.3 Å². The van der Waals surface area contributed by atoms with Crippen LogP contribution in [0.4, 0.5) is 0 Å². The molecule has 0 atom stereocenters. The van der Waals surface area contributed by atoms with E-state index >= 15 is 0 Å². The van der Waals surface area contributed by atoms with Crippen molar-refractivity contribution < 1.29 is 4.79 Å². The van der Waals surface area contributed by atoms with Crippen LogP contribution in [0.15, 0.2) is 30.3 Å². The molecule has 3 rings (SSSR count). The van der Waals surface area contributed by atoms with E-state index in [1.807, 2.05) is 6.07 Å². The molecule has 0 radical (unpaired) electrons. The first-order chi connectivity index (χ1) is 10.8. The summed E-state index contributed by atoms with van der Waals surface area (Å²) in [6.45, 7) is 6.16. The van der Waals surface area contributed by atoms with Crippen molar-refractivity contribution >= 4 is 5.91 Å². The highest BCUT2D eigenvalue weighted by Gasteiger charge is 2.47. The molecule has 0 spiro atoms. The minimum Gasteiger partial charge on any atom is -0.342 e. The van der Waals surface area contributed by atoms with Gasteiger partial charge in [0, 0.05) is 13.1 Å². The van der Waals surface area contributed by atoms with Gasteiger partial charge in [0.1, 0.15) is 0 Å². The number of nitrogens with zero attached hydrogens (tertiary/aromatic N) is 1. The van der Waals surface area contributed by atoms with E-state index < -0.39 is 0 Å². The fourth-order valence-corrected chi connectivity index (χ4v) is 3.90. The zero-order valence-electron chi connectivity index (χ0n) is 13.7. The van der Waals surface area contributed by atoms with Gasteiger partial charge in [0.15, 0.2) is 0 Å². The van der Waals surface area contributed by atoms with Crippen LogP contribution in [0.2, 0.25) is 0 Å². The lowest BCUT2D eigenvalue weighted by atomic mass is 9.63. The molecule has 1 saturated heterocycles. The third kappa shape index (κ3) is 2.91. The first kappa shape index (κ1) is 15.5. The second-order valence-electron chi connectivity index (χ2n) is 6.84. The van der Waals surface area contributed by atoms with Crippen molar-refractivity contribution in [2.24, 2.45) is 5.92 Å². The largest absolute Gasteiger partial charge is 0.342 e. The molecule has 3 heteroatoms. The Balaban J connectivity index is 1.64. The van der Waals surface area contributed by atoms with Crippen molar-refractivity contribution in [3.05, 3.63) is 35.9 Å². The van der Waals surface area contributed by atoms with Crippen molar-refractivity contribution in [2.75, 3.05) is 26.2 Å². The molecule has 120 valence electrons. The number of carbonyl (C=O) groups is 1.